The normalized spacial score (nSPS) is 11.9. The smallest absolute Gasteiger partial charge is 0.234 e. The molecule has 0 heterocycles. The molecule has 1 amide bonds. The van der Waals surface area contributed by atoms with Crippen molar-refractivity contribution in [2.24, 2.45) is 5.92 Å². The van der Waals surface area contributed by atoms with Crippen molar-refractivity contribution >= 4 is 29.0 Å². The molecule has 0 fully saturated rings. The van der Waals surface area contributed by atoms with Gasteiger partial charge in [-0.25, -0.2) is 0 Å². The molecule has 0 saturated carbocycles. The molecule has 1 rings (SSSR count). The molecule has 0 saturated heterocycles. The Morgan fingerprint density at radius 3 is 2.27 bits per heavy atom. The van der Waals surface area contributed by atoms with E-state index < -0.39 is 5.92 Å². The van der Waals surface area contributed by atoms with Crippen LogP contribution in [0, 0.1) is 5.92 Å². The molecule has 0 spiro atoms. The van der Waals surface area contributed by atoms with Crippen molar-refractivity contribution in [1.29, 1.82) is 0 Å². The Kier molecular flexibility index (Phi) is 3.86. The third-order valence-electron chi connectivity index (χ3n) is 2.11. The van der Waals surface area contributed by atoms with E-state index in [-0.39, 0.29) is 11.7 Å². The summed E-state index contributed by atoms with van der Waals surface area (Å²) in [5.41, 5.74) is 0.637. The number of rotatable bonds is 3. The van der Waals surface area contributed by atoms with E-state index in [0.29, 0.717) is 10.7 Å². The highest BCUT2D eigenvalue weighted by Crippen LogP contribution is 2.14. The van der Waals surface area contributed by atoms with Crippen LogP contribution in [0.3, 0.4) is 0 Å². The molecule has 80 valence electrons. The monoisotopic (exact) mass is 225 g/mol. The molecule has 0 bridgehead atoms. The molecule has 0 aliphatic heterocycles. The molecular weight excluding hydrogens is 214 g/mol. The minimum absolute atomic E-state index is 0.151. The van der Waals surface area contributed by atoms with Crippen LogP contribution in [0.1, 0.15) is 13.8 Å². The maximum absolute atomic E-state index is 11.5. The van der Waals surface area contributed by atoms with E-state index in [1.54, 1.807) is 31.2 Å². The van der Waals surface area contributed by atoms with E-state index in [1.807, 2.05) is 0 Å². The molecule has 0 aromatic heterocycles. The number of hydrogen-bond donors (Lipinski definition) is 1. The summed E-state index contributed by atoms with van der Waals surface area (Å²) in [5, 5.41) is 3.24. The predicted molar refractivity (Wildman–Crippen MR) is 59.9 cm³/mol. The van der Waals surface area contributed by atoms with Crippen LogP contribution in [-0.4, -0.2) is 11.7 Å². The average molecular weight is 226 g/mol. The fourth-order valence-corrected chi connectivity index (χ4v) is 1.09. The van der Waals surface area contributed by atoms with Crippen molar-refractivity contribution in [2.75, 3.05) is 5.32 Å². The molecular formula is C11H12ClNO2. The molecule has 3 nitrogen and oxygen atoms in total. The van der Waals surface area contributed by atoms with Crippen molar-refractivity contribution < 1.29 is 9.59 Å². The van der Waals surface area contributed by atoms with Gasteiger partial charge in [0.05, 0.1) is 5.92 Å². The van der Waals surface area contributed by atoms with Crippen molar-refractivity contribution in [2.45, 2.75) is 13.8 Å². The number of ketones is 1. The first kappa shape index (κ1) is 11.7. The van der Waals surface area contributed by atoms with Gasteiger partial charge in [-0.05, 0) is 38.1 Å². The molecule has 1 atom stereocenters. The minimum atomic E-state index is -0.624. The Labute approximate surface area is 93.4 Å². The highest BCUT2D eigenvalue weighted by Gasteiger charge is 2.17. The average Bonchev–Trinajstić information content (AvgIpc) is 2.20. The molecule has 4 heteroatoms. The summed E-state index contributed by atoms with van der Waals surface area (Å²) in [6, 6.07) is 6.73. The van der Waals surface area contributed by atoms with Crippen molar-refractivity contribution in [3.05, 3.63) is 29.3 Å². The summed E-state index contributed by atoms with van der Waals surface area (Å²) in [7, 11) is 0. The van der Waals surface area contributed by atoms with Crippen LogP contribution < -0.4 is 5.32 Å². The molecule has 1 aromatic carbocycles. The van der Waals surface area contributed by atoms with Gasteiger partial charge in [0.15, 0.2) is 0 Å². The highest BCUT2D eigenvalue weighted by atomic mass is 35.5. The van der Waals surface area contributed by atoms with Gasteiger partial charge in [0.25, 0.3) is 0 Å². The molecule has 15 heavy (non-hydrogen) atoms. The predicted octanol–water partition coefficient (Wildman–Crippen LogP) is 2.50. The van der Waals surface area contributed by atoms with Gasteiger partial charge in [-0.1, -0.05) is 11.6 Å². The maximum Gasteiger partial charge on any atom is 0.234 e. The van der Waals surface area contributed by atoms with E-state index in [4.69, 9.17) is 11.6 Å². The van der Waals surface area contributed by atoms with Crippen LogP contribution in [0.2, 0.25) is 5.02 Å². The standard InChI is InChI=1S/C11H12ClNO2/c1-7(8(2)14)11(15)13-10-5-3-9(12)4-6-10/h3-7H,1-2H3,(H,13,15)/t7-/m1/s1. The quantitative estimate of drug-likeness (QED) is 0.804. The largest absolute Gasteiger partial charge is 0.325 e. The summed E-state index contributed by atoms with van der Waals surface area (Å²) >= 11 is 5.69. The zero-order chi connectivity index (χ0) is 11.4. The lowest BCUT2D eigenvalue weighted by Gasteiger charge is -2.08. The Hall–Kier alpha value is -1.35. The second-order valence-corrected chi connectivity index (χ2v) is 3.76. The second kappa shape index (κ2) is 4.94. The molecule has 1 N–H and O–H groups in total. The fourth-order valence-electron chi connectivity index (χ4n) is 0.968. The van der Waals surface area contributed by atoms with Gasteiger partial charge >= 0.3 is 0 Å². The van der Waals surface area contributed by atoms with Crippen LogP contribution in [0.5, 0.6) is 0 Å². The lowest BCUT2D eigenvalue weighted by atomic mass is 10.1. The Balaban J connectivity index is 2.66. The van der Waals surface area contributed by atoms with Crippen molar-refractivity contribution in [1.82, 2.24) is 0 Å². The summed E-state index contributed by atoms with van der Waals surface area (Å²) in [6.45, 7) is 2.97. The zero-order valence-corrected chi connectivity index (χ0v) is 9.34. The van der Waals surface area contributed by atoms with E-state index in [0.717, 1.165) is 0 Å². The van der Waals surface area contributed by atoms with Gasteiger partial charge in [-0.15, -0.1) is 0 Å². The van der Waals surface area contributed by atoms with E-state index in [1.165, 1.54) is 6.92 Å². The number of carbonyl (C=O) groups excluding carboxylic acids is 2. The molecule has 0 aliphatic rings. The number of anilines is 1. The summed E-state index contributed by atoms with van der Waals surface area (Å²) in [4.78, 5) is 22.4. The van der Waals surface area contributed by atoms with Gasteiger partial charge in [-0.3, -0.25) is 9.59 Å². The van der Waals surface area contributed by atoms with Gasteiger partial charge in [0.1, 0.15) is 5.78 Å². The molecule has 1 aromatic rings. The topological polar surface area (TPSA) is 46.2 Å². The van der Waals surface area contributed by atoms with Crippen molar-refractivity contribution in [3.8, 4) is 0 Å². The molecule has 0 aliphatic carbocycles. The molecule has 0 unspecified atom stereocenters. The minimum Gasteiger partial charge on any atom is -0.325 e. The summed E-state index contributed by atoms with van der Waals surface area (Å²) < 4.78 is 0. The summed E-state index contributed by atoms with van der Waals surface area (Å²) in [6.07, 6.45) is 0. The number of Topliss-reactive ketones (excluding diaryl/α,β-unsaturated/α-hetero) is 1. The zero-order valence-electron chi connectivity index (χ0n) is 8.58. The lowest BCUT2D eigenvalue weighted by Crippen LogP contribution is -2.25. The first-order chi connectivity index (χ1) is 7.00. The summed E-state index contributed by atoms with van der Waals surface area (Å²) in [5.74, 6) is -1.08. The van der Waals surface area contributed by atoms with Crippen LogP contribution in [0.25, 0.3) is 0 Å². The lowest BCUT2D eigenvalue weighted by molar-refractivity contribution is -0.129. The second-order valence-electron chi connectivity index (χ2n) is 3.33. The van der Waals surface area contributed by atoms with Gasteiger partial charge in [0.2, 0.25) is 5.91 Å². The Morgan fingerprint density at radius 1 is 1.27 bits per heavy atom. The number of nitrogens with one attached hydrogen (secondary N) is 1. The SMILES string of the molecule is CC(=O)[C@@H](C)C(=O)Nc1ccc(Cl)cc1. The molecule has 0 radical (unpaired) electrons. The van der Waals surface area contributed by atoms with Crippen molar-refractivity contribution in [3.63, 3.8) is 0 Å². The highest BCUT2D eigenvalue weighted by molar-refractivity contribution is 6.30. The Bertz CT molecular complexity index is 373. The maximum atomic E-state index is 11.5. The Morgan fingerprint density at radius 2 is 1.80 bits per heavy atom. The van der Waals surface area contributed by atoms with Gasteiger partial charge < -0.3 is 5.32 Å². The van der Waals surface area contributed by atoms with E-state index >= 15 is 0 Å². The number of benzene rings is 1. The number of amides is 1. The third-order valence-corrected chi connectivity index (χ3v) is 2.37. The van der Waals surface area contributed by atoms with Crippen LogP contribution in [0.4, 0.5) is 5.69 Å². The van der Waals surface area contributed by atoms with Crippen LogP contribution >= 0.6 is 11.6 Å². The first-order valence-corrected chi connectivity index (χ1v) is 4.95. The van der Waals surface area contributed by atoms with Crippen LogP contribution in [0.15, 0.2) is 24.3 Å². The first-order valence-electron chi connectivity index (χ1n) is 4.57. The fraction of sp³-hybridized carbons (Fsp3) is 0.273. The van der Waals surface area contributed by atoms with Crippen LogP contribution in [-0.2, 0) is 9.59 Å². The van der Waals surface area contributed by atoms with Gasteiger partial charge in [-0.2, -0.15) is 0 Å². The number of carbonyl (C=O) groups is 2. The number of hydrogen-bond acceptors (Lipinski definition) is 2. The number of halogens is 1. The van der Waals surface area contributed by atoms with Gasteiger partial charge in [0, 0.05) is 10.7 Å². The van der Waals surface area contributed by atoms with E-state index in [9.17, 15) is 9.59 Å². The van der Waals surface area contributed by atoms with E-state index in [2.05, 4.69) is 5.32 Å². The third kappa shape index (κ3) is 3.36.